The van der Waals surface area contributed by atoms with Crippen molar-refractivity contribution in [2.45, 2.75) is 46.1 Å². The second-order valence-electron chi connectivity index (χ2n) is 7.52. The van der Waals surface area contributed by atoms with Gasteiger partial charge in [0.1, 0.15) is 0 Å². The van der Waals surface area contributed by atoms with Crippen molar-refractivity contribution in [3.05, 3.63) is 69.5 Å². The third-order valence-corrected chi connectivity index (χ3v) is 6.65. The van der Waals surface area contributed by atoms with E-state index in [4.69, 9.17) is 4.98 Å². The Balaban J connectivity index is 1.65. The molecule has 29 heavy (non-hydrogen) atoms. The van der Waals surface area contributed by atoms with Gasteiger partial charge in [0.15, 0.2) is 5.13 Å². The number of hydrogen-bond acceptors (Lipinski definition) is 4. The van der Waals surface area contributed by atoms with E-state index in [-0.39, 0.29) is 5.91 Å². The molecule has 0 saturated carbocycles. The van der Waals surface area contributed by atoms with Crippen LogP contribution in [0, 0.1) is 13.8 Å². The highest BCUT2D eigenvalue weighted by Gasteiger charge is 2.22. The predicted molar refractivity (Wildman–Crippen MR) is 118 cm³/mol. The van der Waals surface area contributed by atoms with Crippen LogP contribution in [0.25, 0.3) is 6.08 Å². The fraction of sp³-hybridized carbons (Fsp3) is 0.348. The SMILES string of the molecule is Cc1nn(C)c(C)c1/C=C/C(=O)N(Cc1ccccc1)c1nc2c(s1)CCCC2. The number of carbonyl (C=O) groups is 1. The molecule has 6 heteroatoms. The van der Waals surface area contributed by atoms with Gasteiger partial charge in [0.05, 0.1) is 17.9 Å². The third-order valence-electron chi connectivity index (χ3n) is 5.47. The first kappa shape index (κ1) is 19.6. The number of aromatic nitrogens is 3. The molecular formula is C23H26N4OS. The van der Waals surface area contributed by atoms with E-state index >= 15 is 0 Å². The number of nitrogens with zero attached hydrogens (tertiary/aromatic N) is 4. The third kappa shape index (κ3) is 4.17. The van der Waals surface area contributed by atoms with E-state index in [0.29, 0.717) is 6.54 Å². The van der Waals surface area contributed by atoms with Crippen LogP contribution in [0.4, 0.5) is 5.13 Å². The summed E-state index contributed by atoms with van der Waals surface area (Å²) in [7, 11) is 1.92. The number of hydrogen-bond donors (Lipinski definition) is 0. The van der Waals surface area contributed by atoms with Gasteiger partial charge in [-0.15, -0.1) is 11.3 Å². The van der Waals surface area contributed by atoms with Gasteiger partial charge in [-0.2, -0.15) is 5.10 Å². The number of benzene rings is 1. The molecular weight excluding hydrogens is 380 g/mol. The monoisotopic (exact) mass is 406 g/mol. The van der Waals surface area contributed by atoms with E-state index in [1.807, 2.05) is 62.0 Å². The summed E-state index contributed by atoms with van der Waals surface area (Å²) in [6.07, 6.45) is 8.02. The maximum absolute atomic E-state index is 13.2. The minimum Gasteiger partial charge on any atom is -0.280 e. The van der Waals surface area contributed by atoms with E-state index < -0.39 is 0 Å². The average Bonchev–Trinajstić information content (AvgIpc) is 3.26. The molecule has 0 N–H and O–H groups in total. The van der Waals surface area contributed by atoms with Gasteiger partial charge in [0.2, 0.25) is 0 Å². The molecule has 150 valence electrons. The maximum Gasteiger partial charge on any atom is 0.253 e. The van der Waals surface area contributed by atoms with E-state index in [0.717, 1.165) is 40.5 Å². The van der Waals surface area contributed by atoms with Crippen LogP contribution >= 0.6 is 11.3 Å². The van der Waals surface area contributed by atoms with Gasteiger partial charge < -0.3 is 0 Å². The lowest BCUT2D eigenvalue weighted by molar-refractivity contribution is -0.114. The predicted octanol–water partition coefficient (Wildman–Crippen LogP) is 4.62. The maximum atomic E-state index is 13.2. The van der Waals surface area contributed by atoms with Crippen molar-refractivity contribution in [1.29, 1.82) is 0 Å². The summed E-state index contributed by atoms with van der Waals surface area (Å²) in [4.78, 5) is 21.2. The average molecular weight is 407 g/mol. The van der Waals surface area contributed by atoms with Crippen LogP contribution in [0.3, 0.4) is 0 Å². The lowest BCUT2D eigenvalue weighted by Gasteiger charge is -2.18. The van der Waals surface area contributed by atoms with Gasteiger partial charge in [0, 0.05) is 29.3 Å². The smallest absolute Gasteiger partial charge is 0.253 e. The first-order chi connectivity index (χ1) is 14.0. The topological polar surface area (TPSA) is 51.0 Å². The number of rotatable bonds is 5. The van der Waals surface area contributed by atoms with Gasteiger partial charge in [-0.05, 0) is 51.2 Å². The summed E-state index contributed by atoms with van der Waals surface area (Å²) in [5, 5.41) is 5.23. The summed E-state index contributed by atoms with van der Waals surface area (Å²) in [6, 6.07) is 10.1. The Morgan fingerprint density at radius 2 is 1.97 bits per heavy atom. The zero-order valence-electron chi connectivity index (χ0n) is 17.2. The number of fused-ring (bicyclic) bond motifs is 1. The number of thiazole rings is 1. The lowest BCUT2D eigenvalue weighted by Crippen LogP contribution is -2.28. The molecule has 0 aliphatic heterocycles. The van der Waals surface area contributed by atoms with Crippen LogP contribution in [-0.4, -0.2) is 20.7 Å². The quantitative estimate of drug-likeness (QED) is 0.581. The van der Waals surface area contributed by atoms with Crippen LogP contribution in [0.5, 0.6) is 0 Å². The molecule has 4 rings (SSSR count). The normalized spacial score (nSPS) is 13.6. The minimum atomic E-state index is -0.0531. The van der Waals surface area contributed by atoms with Gasteiger partial charge in [-0.1, -0.05) is 30.3 Å². The second kappa shape index (κ2) is 8.33. The molecule has 0 unspecified atom stereocenters. The molecule has 0 radical (unpaired) electrons. The molecule has 1 aliphatic rings. The standard InChI is InChI=1S/C23H26N4OS/c1-16-19(17(2)26(3)25-16)13-14-22(28)27(15-18-9-5-4-6-10-18)23-24-20-11-7-8-12-21(20)29-23/h4-6,9-10,13-14H,7-8,11-12,15H2,1-3H3/b14-13+. The lowest BCUT2D eigenvalue weighted by atomic mass is 10.0. The molecule has 0 bridgehead atoms. The molecule has 0 saturated heterocycles. The fourth-order valence-corrected chi connectivity index (χ4v) is 4.89. The molecule has 0 atom stereocenters. The van der Waals surface area contributed by atoms with Gasteiger partial charge in [0.25, 0.3) is 5.91 Å². The van der Waals surface area contributed by atoms with Crippen LogP contribution < -0.4 is 4.90 Å². The molecule has 5 nitrogen and oxygen atoms in total. The summed E-state index contributed by atoms with van der Waals surface area (Å²) in [5.74, 6) is -0.0531. The first-order valence-corrected chi connectivity index (χ1v) is 10.9. The Morgan fingerprint density at radius 3 is 2.66 bits per heavy atom. The van der Waals surface area contributed by atoms with E-state index in [9.17, 15) is 4.79 Å². The highest BCUT2D eigenvalue weighted by molar-refractivity contribution is 7.16. The molecule has 2 heterocycles. The van der Waals surface area contributed by atoms with Crippen LogP contribution in [0.15, 0.2) is 36.4 Å². The molecule has 1 aliphatic carbocycles. The molecule has 2 aromatic heterocycles. The Hall–Kier alpha value is -2.73. The Bertz CT molecular complexity index is 1030. The zero-order chi connectivity index (χ0) is 20.4. The molecule has 1 amide bonds. The summed E-state index contributed by atoms with van der Waals surface area (Å²) < 4.78 is 1.84. The van der Waals surface area contributed by atoms with Gasteiger partial charge >= 0.3 is 0 Å². The van der Waals surface area contributed by atoms with Crippen molar-refractivity contribution in [2.75, 3.05) is 4.90 Å². The van der Waals surface area contributed by atoms with Crippen molar-refractivity contribution in [3.8, 4) is 0 Å². The summed E-state index contributed by atoms with van der Waals surface area (Å²) in [6.45, 7) is 4.50. The van der Waals surface area contributed by atoms with Crippen molar-refractivity contribution in [2.24, 2.45) is 7.05 Å². The molecule has 0 spiro atoms. The van der Waals surface area contributed by atoms with E-state index in [1.54, 1.807) is 22.3 Å². The zero-order valence-corrected chi connectivity index (χ0v) is 18.0. The largest absolute Gasteiger partial charge is 0.280 e. The summed E-state index contributed by atoms with van der Waals surface area (Å²) >= 11 is 1.67. The van der Waals surface area contributed by atoms with Gasteiger partial charge in [-0.3, -0.25) is 14.4 Å². The number of aryl methyl sites for hydroxylation is 4. The summed E-state index contributed by atoms with van der Waals surface area (Å²) in [5.41, 5.74) is 5.24. The molecule has 3 aromatic rings. The van der Waals surface area contributed by atoms with E-state index in [1.165, 1.54) is 23.4 Å². The van der Waals surface area contributed by atoms with Crippen molar-refractivity contribution >= 4 is 28.5 Å². The van der Waals surface area contributed by atoms with Crippen molar-refractivity contribution in [3.63, 3.8) is 0 Å². The van der Waals surface area contributed by atoms with Gasteiger partial charge in [-0.25, -0.2) is 4.98 Å². The minimum absolute atomic E-state index is 0.0531. The first-order valence-electron chi connectivity index (χ1n) is 10.0. The van der Waals surface area contributed by atoms with Crippen LogP contribution in [-0.2, 0) is 31.2 Å². The molecule has 1 aromatic carbocycles. The van der Waals surface area contributed by atoms with Crippen LogP contribution in [0.2, 0.25) is 0 Å². The Kier molecular flexibility index (Phi) is 5.62. The van der Waals surface area contributed by atoms with Crippen molar-refractivity contribution < 1.29 is 4.79 Å². The van der Waals surface area contributed by atoms with Crippen molar-refractivity contribution in [1.82, 2.24) is 14.8 Å². The highest BCUT2D eigenvalue weighted by atomic mass is 32.1. The highest BCUT2D eigenvalue weighted by Crippen LogP contribution is 2.32. The number of anilines is 1. The fourth-order valence-electron chi connectivity index (χ4n) is 3.74. The second-order valence-corrected chi connectivity index (χ2v) is 8.59. The Morgan fingerprint density at radius 1 is 1.21 bits per heavy atom. The number of amides is 1. The van der Waals surface area contributed by atoms with E-state index in [2.05, 4.69) is 5.10 Å². The number of carbonyl (C=O) groups excluding carboxylic acids is 1. The van der Waals surface area contributed by atoms with Crippen LogP contribution in [0.1, 0.15) is 45.9 Å². The Labute approximate surface area is 175 Å². The molecule has 0 fully saturated rings.